The predicted octanol–water partition coefficient (Wildman–Crippen LogP) is 4.88. The van der Waals surface area contributed by atoms with E-state index in [0.29, 0.717) is 5.92 Å². The van der Waals surface area contributed by atoms with Gasteiger partial charge in [-0.2, -0.15) is 0 Å². The van der Waals surface area contributed by atoms with E-state index in [2.05, 4.69) is 86.2 Å². The normalized spacial score (nSPS) is 13.2. The third-order valence-corrected chi connectivity index (χ3v) is 3.26. The first-order valence-electron chi connectivity index (χ1n) is 6.49. The average Bonchev–Trinajstić information content (AvgIpc) is 2.22. The molecule has 0 unspecified atom stereocenters. The minimum atomic E-state index is 0.158. The zero-order valence-corrected chi connectivity index (χ0v) is 13.6. The van der Waals surface area contributed by atoms with E-state index in [1.54, 1.807) is 0 Å². The highest BCUT2D eigenvalue weighted by Crippen LogP contribution is 2.18. The second-order valence-electron chi connectivity index (χ2n) is 6.03. The third-order valence-electron chi connectivity index (χ3n) is 2.77. The van der Waals surface area contributed by atoms with E-state index in [-0.39, 0.29) is 5.54 Å². The van der Waals surface area contributed by atoms with Gasteiger partial charge in [0.25, 0.3) is 0 Å². The maximum atomic E-state index is 3.56. The monoisotopic (exact) mass is 309 g/mol. The van der Waals surface area contributed by atoms with Crippen LogP contribution in [0.1, 0.15) is 40.2 Å². The molecule has 1 aromatic rings. The van der Waals surface area contributed by atoms with E-state index in [1.807, 2.05) is 0 Å². The summed E-state index contributed by atoms with van der Waals surface area (Å²) >= 11 is 3.51. The van der Waals surface area contributed by atoms with Crippen molar-refractivity contribution in [3.05, 3.63) is 39.9 Å². The van der Waals surface area contributed by atoms with E-state index in [0.717, 1.165) is 11.0 Å². The summed E-state index contributed by atoms with van der Waals surface area (Å²) in [6.07, 6.45) is 2.29. The predicted molar refractivity (Wildman–Crippen MR) is 84.7 cm³/mol. The zero-order chi connectivity index (χ0) is 13.8. The van der Waals surface area contributed by atoms with Crippen LogP contribution in [-0.2, 0) is 0 Å². The molecule has 2 heteroatoms. The van der Waals surface area contributed by atoms with Crippen molar-refractivity contribution in [2.45, 2.75) is 40.2 Å². The van der Waals surface area contributed by atoms with Crippen LogP contribution in [0.15, 0.2) is 34.3 Å². The zero-order valence-electron chi connectivity index (χ0n) is 12.0. The van der Waals surface area contributed by atoms with Gasteiger partial charge in [0.15, 0.2) is 0 Å². The summed E-state index contributed by atoms with van der Waals surface area (Å²) in [7, 11) is 0. The Labute approximate surface area is 120 Å². The smallest absolute Gasteiger partial charge is 0.0181 e. The molecule has 0 heterocycles. The van der Waals surface area contributed by atoms with Crippen LogP contribution in [0.5, 0.6) is 0 Å². The molecule has 0 amide bonds. The molecule has 0 aromatic heterocycles. The van der Waals surface area contributed by atoms with Gasteiger partial charge in [-0.3, -0.25) is 0 Å². The molecule has 0 radical (unpaired) electrons. The maximum Gasteiger partial charge on any atom is 0.0181 e. The first-order chi connectivity index (χ1) is 8.28. The highest BCUT2D eigenvalue weighted by molar-refractivity contribution is 9.10. The summed E-state index contributed by atoms with van der Waals surface area (Å²) in [4.78, 5) is 0. The van der Waals surface area contributed by atoms with Crippen molar-refractivity contribution in [3.8, 4) is 0 Å². The molecule has 0 bridgehead atoms. The van der Waals surface area contributed by atoms with Gasteiger partial charge in [-0.1, -0.05) is 53.6 Å². The lowest BCUT2D eigenvalue weighted by Crippen LogP contribution is -2.37. The summed E-state index contributed by atoms with van der Waals surface area (Å²) in [5.74, 6) is 0.554. The molecule has 1 nitrogen and oxygen atoms in total. The van der Waals surface area contributed by atoms with E-state index in [9.17, 15) is 0 Å². The molecule has 1 N–H and O–H groups in total. The Morgan fingerprint density at radius 1 is 1.33 bits per heavy atom. The summed E-state index contributed by atoms with van der Waals surface area (Å²) in [6, 6.07) is 8.43. The molecule has 100 valence electrons. The van der Waals surface area contributed by atoms with E-state index >= 15 is 0 Å². The Hall–Kier alpha value is -0.600. The van der Waals surface area contributed by atoms with Crippen molar-refractivity contribution < 1.29 is 0 Å². The van der Waals surface area contributed by atoms with Crippen LogP contribution in [0.2, 0.25) is 0 Å². The highest BCUT2D eigenvalue weighted by Gasteiger charge is 2.11. The molecule has 0 spiro atoms. The quantitative estimate of drug-likeness (QED) is 0.836. The average molecular weight is 310 g/mol. The Balaban J connectivity index is 2.85. The largest absolute Gasteiger partial charge is 0.308 e. The van der Waals surface area contributed by atoms with Crippen LogP contribution in [0.25, 0.3) is 6.08 Å². The van der Waals surface area contributed by atoms with Crippen LogP contribution in [-0.4, -0.2) is 12.1 Å². The van der Waals surface area contributed by atoms with Gasteiger partial charge in [0.1, 0.15) is 0 Å². The lowest BCUT2D eigenvalue weighted by atomic mass is 9.99. The van der Waals surface area contributed by atoms with E-state index in [4.69, 9.17) is 0 Å². The molecule has 0 fully saturated rings. The van der Waals surface area contributed by atoms with E-state index < -0.39 is 0 Å². The molecule has 0 aliphatic heterocycles. The van der Waals surface area contributed by atoms with Crippen molar-refractivity contribution >= 4 is 22.0 Å². The van der Waals surface area contributed by atoms with Gasteiger partial charge in [0.2, 0.25) is 0 Å². The van der Waals surface area contributed by atoms with Gasteiger partial charge in [-0.15, -0.1) is 0 Å². The van der Waals surface area contributed by atoms with Crippen molar-refractivity contribution in [1.29, 1.82) is 0 Å². The van der Waals surface area contributed by atoms with Crippen molar-refractivity contribution in [2.75, 3.05) is 6.54 Å². The molecule has 0 saturated carbocycles. The SMILES string of the molecule is CC(C)C(=Cc1cccc(Br)c1)CNC(C)(C)C. The minimum absolute atomic E-state index is 0.158. The number of benzene rings is 1. The Bertz CT molecular complexity index is 413. The van der Waals surface area contributed by atoms with Gasteiger partial charge in [0.05, 0.1) is 0 Å². The molecule has 18 heavy (non-hydrogen) atoms. The topological polar surface area (TPSA) is 12.0 Å². The summed E-state index contributed by atoms with van der Waals surface area (Å²) in [5.41, 5.74) is 2.84. The number of hydrogen-bond donors (Lipinski definition) is 1. The van der Waals surface area contributed by atoms with Crippen LogP contribution in [0, 0.1) is 5.92 Å². The fourth-order valence-electron chi connectivity index (χ4n) is 1.60. The Morgan fingerprint density at radius 2 is 2.00 bits per heavy atom. The third kappa shape index (κ3) is 5.83. The second kappa shape index (κ2) is 6.53. The summed E-state index contributed by atoms with van der Waals surface area (Å²) in [6.45, 7) is 12.0. The summed E-state index contributed by atoms with van der Waals surface area (Å²) < 4.78 is 1.13. The van der Waals surface area contributed by atoms with Crippen LogP contribution in [0.3, 0.4) is 0 Å². The van der Waals surface area contributed by atoms with Gasteiger partial charge < -0.3 is 5.32 Å². The lowest BCUT2D eigenvalue weighted by Gasteiger charge is -2.23. The number of hydrogen-bond acceptors (Lipinski definition) is 1. The number of rotatable bonds is 4. The van der Waals surface area contributed by atoms with Crippen LogP contribution >= 0.6 is 15.9 Å². The molecule has 0 aliphatic rings. The fraction of sp³-hybridized carbons (Fsp3) is 0.500. The first-order valence-corrected chi connectivity index (χ1v) is 7.28. The van der Waals surface area contributed by atoms with Crippen LogP contribution < -0.4 is 5.32 Å². The standard InChI is InChI=1S/C16H24BrN/c1-12(2)14(11-18-16(3,4)5)9-13-7-6-8-15(17)10-13/h6-10,12,18H,11H2,1-5H3. The summed E-state index contributed by atoms with van der Waals surface area (Å²) in [5, 5.41) is 3.56. The van der Waals surface area contributed by atoms with Gasteiger partial charge in [0, 0.05) is 16.6 Å². The maximum absolute atomic E-state index is 3.56. The molecule has 0 aliphatic carbocycles. The first kappa shape index (κ1) is 15.5. The molecule has 0 atom stereocenters. The molecule has 1 aromatic carbocycles. The van der Waals surface area contributed by atoms with Crippen molar-refractivity contribution in [3.63, 3.8) is 0 Å². The minimum Gasteiger partial charge on any atom is -0.308 e. The number of halogens is 1. The Morgan fingerprint density at radius 3 is 2.50 bits per heavy atom. The highest BCUT2D eigenvalue weighted by atomic mass is 79.9. The molecular formula is C16H24BrN. The van der Waals surface area contributed by atoms with Crippen LogP contribution in [0.4, 0.5) is 0 Å². The second-order valence-corrected chi connectivity index (χ2v) is 6.95. The van der Waals surface area contributed by atoms with E-state index in [1.165, 1.54) is 11.1 Å². The molecular weight excluding hydrogens is 286 g/mol. The molecule has 1 rings (SSSR count). The Kier molecular flexibility index (Phi) is 5.61. The van der Waals surface area contributed by atoms with Gasteiger partial charge >= 0.3 is 0 Å². The van der Waals surface area contributed by atoms with Crippen molar-refractivity contribution in [1.82, 2.24) is 5.32 Å². The van der Waals surface area contributed by atoms with Gasteiger partial charge in [-0.05, 0) is 44.4 Å². The molecule has 0 saturated heterocycles. The fourth-order valence-corrected chi connectivity index (χ4v) is 2.02. The number of nitrogens with one attached hydrogen (secondary N) is 1. The van der Waals surface area contributed by atoms with Crippen molar-refractivity contribution in [2.24, 2.45) is 5.92 Å². The van der Waals surface area contributed by atoms with Gasteiger partial charge in [-0.25, -0.2) is 0 Å². The lowest BCUT2D eigenvalue weighted by molar-refractivity contribution is 0.437.